The zero-order chi connectivity index (χ0) is 16.3. The summed E-state index contributed by atoms with van der Waals surface area (Å²) < 4.78 is 0. The van der Waals surface area contributed by atoms with E-state index in [-0.39, 0.29) is 0 Å². The van der Waals surface area contributed by atoms with Crippen molar-refractivity contribution in [1.29, 1.82) is 0 Å². The highest BCUT2D eigenvalue weighted by atomic mass is 35.5. The van der Waals surface area contributed by atoms with Crippen LogP contribution in [0.4, 0.5) is 0 Å². The molecule has 0 heterocycles. The molecule has 0 bridgehead atoms. The molecule has 0 aliphatic rings. The third kappa shape index (κ3) is 10.8. The molecule has 114 valence electrons. The van der Waals surface area contributed by atoms with Gasteiger partial charge in [-0.2, -0.15) is 0 Å². The largest absolute Gasteiger partial charge is 0.373 e. The van der Waals surface area contributed by atoms with Crippen LogP contribution in [0, 0.1) is 0 Å². The van der Waals surface area contributed by atoms with Crippen LogP contribution in [0.1, 0.15) is 13.3 Å². The van der Waals surface area contributed by atoms with Crippen molar-refractivity contribution < 1.29 is 5.11 Å². The molecule has 0 saturated carbocycles. The van der Waals surface area contributed by atoms with Gasteiger partial charge in [0.2, 0.25) is 0 Å². The second kappa shape index (κ2) is 11.1. The number of aliphatic hydroxyl groups is 1. The van der Waals surface area contributed by atoms with Crippen LogP contribution in [-0.4, -0.2) is 16.3 Å². The topological polar surface area (TPSA) is 44.3 Å². The van der Waals surface area contributed by atoms with E-state index in [1.54, 1.807) is 43.4 Å². The molecule has 3 nitrogen and oxygen atoms in total. The van der Waals surface area contributed by atoms with Crippen LogP contribution in [-0.2, 0) is 0 Å². The Kier molecular flexibility index (Phi) is 10.2. The molecule has 0 amide bonds. The van der Waals surface area contributed by atoms with Crippen LogP contribution in [0.2, 0.25) is 0 Å². The van der Waals surface area contributed by atoms with Crippen LogP contribution in [0.5, 0.6) is 0 Å². The number of halogens is 1. The van der Waals surface area contributed by atoms with E-state index >= 15 is 0 Å². The van der Waals surface area contributed by atoms with E-state index in [9.17, 15) is 5.11 Å². The smallest absolute Gasteiger partial charge is 0.128 e. The monoisotopic (exact) mass is 324 g/mol. The summed E-state index contributed by atoms with van der Waals surface area (Å²) >= 11 is 10.7. The molecule has 3 N–H and O–H groups in total. The Hall–Kier alpha value is -1.62. The van der Waals surface area contributed by atoms with E-state index in [0.717, 1.165) is 5.70 Å². The summed E-state index contributed by atoms with van der Waals surface area (Å²) in [6, 6.07) is 0. The summed E-state index contributed by atoms with van der Waals surface area (Å²) in [6.45, 7) is 12.6. The van der Waals surface area contributed by atoms with E-state index in [0.29, 0.717) is 22.1 Å². The molecule has 0 aromatic rings. The summed E-state index contributed by atoms with van der Waals surface area (Å²) in [5, 5.41) is 16.2. The van der Waals surface area contributed by atoms with Gasteiger partial charge in [0.1, 0.15) is 6.23 Å². The summed E-state index contributed by atoms with van der Waals surface area (Å²) in [6.07, 6.45) is 9.74. The first-order valence-corrected chi connectivity index (χ1v) is 7.07. The van der Waals surface area contributed by atoms with Gasteiger partial charge in [-0.05, 0) is 31.2 Å². The first-order chi connectivity index (χ1) is 9.88. The Morgan fingerprint density at radius 1 is 1.33 bits per heavy atom. The zero-order valence-electron chi connectivity index (χ0n) is 12.1. The lowest BCUT2D eigenvalue weighted by Crippen LogP contribution is -2.27. The molecule has 1 unspecified atom stereocenters. The molecule has 0 saturated heterocycles. The first-order valence-electron chi connectivity index (χ1n) is 6.29. The summed E-state index contributed by atoms with van der Waals surface area (Å²) in [7, 11) is 0. The van der Waals surface area contributed by atoms with Crippen molar-refractivity contribution in [2.45, 2.75) is 19.6 Å². The molecule has 0 spiro atoms. The molecule has 0 fully saturated rings. The molecule has 0 aromatic carbocycles. The van der Waals surface area contributed by atoms with Gasteiger partial charge in [-0.3, -0.25) is 0 Å². The Balaban J connectivity index is 4.77. The van der Waals surface area contributed by atoms with Gasteiger partial charge in [-0.25, -0.2) is 0 Å². The van der Waals surface area contributed by atoms with Crippen molar-refractivity contribution in [2.24, 2.45) is 0 Å². The van der Waals surface area contributed by atoms with Gasteiger partial charge in [0.25, 0.3) is 0 Å². The van der Waals surface area contributed by atoms with E-state index in [1.165, 1.54) is 0 Å². The minimum atomic E-state index is -0.760. The number of hydrogen-bond acceptors (Lipinski definition) is 3. The van der Waals surface area contributed by atoms with Crippen LogP contribution >= 0.6 is 23.8 Å². The van der Waals surface area contributed by atoms with Crippen molar-refractivity contribution in [3.63, 3.8) is 0 Å². The SMILES string of the molecule is C=C/C=C(\C=C)NC(O)C/C=C(\C=C/C(=C)Cl)NC(C)=S. The van der Waals surface area contributed by atoms with Gasteiger partial charge < -0.3 is 15.7 Å². The zero-order valence-corrected chi connectivity index (χ0v) is 13.7. The van der Waals surface area contributed by atoms with E-state index in [1.807, 2.05) is 0 Å². The van der Waals surface area contributed by atoms with Crippen LogP contribution in [0.15, 0.2) is 72.6 Å². The fourth-order valence-electron chi connectivity index (χ4n) is 1.34. The minimum Gasteiger partial charge on any atom is -0.373 e. The molecule has 0 rings (SSSR count). The Morgan fingerprint density at radius 3 is 2.48 bits per heavy atom. The second-order valence-electron chi connectivity index (χ2n) is 4.08. The third-order valence-electron chi connectivity index (χ3n) is 2.18. The third-order valence-corrected chi connectivity index (χ3v) is 2.40. The molecular formula is C16H21ClN2OS. The molecule has 0 aliphatic carbocycles. The number of rotatable bonds is 9. The minimum absolute atomic E-state index is 0.367. The number of nitrogens with one attached hydrogen (secondary N) is 2. The van der Waals surface area contributed by atoms with Crippen molar-refractivity contribution >= 4 is 28.8 Å². The van der Waals surface area contributed by atoms with Gasteiger partial charge in [0, 0.05) is 22.8 Å². The van der Waals surface area contributed by atoms with Crippen molar-refractivity contribution in [1.82, 2.24) is 10.6 Å². The van der Waals surface area contributed by atoms with Gasteiger partial charge in [0.15, 0.2) is 0 Å². The number of allylic oxidation sites excluding steroid dienone is 6. The molecule has 0 aliphatic heterocycles. The van der Waals surface area contributed by atoms with Gasteiger partial charge in [0.05, 0.1) is 4.99 Å². The lowest BCUT2D eigenvalue weighted by atomic mass is 10.2. The van der Waals surface area contributed by atoms with Crippen LogP contribution in [0.25, 0.3) is 0 Å². The molecule has 0 aromatic heterocycles. The molecule has 1 atom stereocenters. The molecule has 5 heteroatoms. The molecular weight excluding hydrogens is 304 g/mol. The average Bonchev–Trinajstić information content (AvgIpc) is 2.40. The van der Waals surface area contributed by atoms with Crippen molar-refractivity contribution in [2.75, 3.05) is 0 Å². The average molecular weight is 325 g/mol. The van der Waals surface area contributed by atoms with Crippen molar-refractivity contribution in [3.8, 4) is 0 Å². The maximum Gasteiger partial charge on any atom is 0.128 e. The fourth-order valence-corrected chi connectivity index (χ4v) is 1.52. The van der Waals surface area contributed by atoms with E-state index in [4.69, 9.17) is 23.8 Å². The normalized spacial score (nSPS) is 13.7. The van der Waals surface area contributed by atoms with Gasteiger partial charge >= 0.3 is 0 Å². The lowest BCUT2D eigenvalue weighted by molar-refractivity contribution is 0.153. The number of hydrogen-bond donors (Lipinski definition) is 3. The Labute approximate surface area is 137 Å². The van der Waals surface area contributed by atoms with E-state index in [2.05, 4.69) is 30.4 Å². The lowest BCUT2D eigenvalue weighted by Gasteiger charge is -2.13. The maximum absolute atomic E-state index is 9.93. The predicted molar refractivity (Wildman–Crippen MR) is 95.9 cm³/mol. The summed E-state index contributed by atoms with van der Waals surface area (Å²) in [5.74, 6) is 0. The van der Waals surface area contributed by atoms with Crippen LogP contribution in [0.3, 0.4) is 0 Å². The van der Waals surface area contributed by atoms with E-state index < -0.39 is 6.23 Å². The van der Waals surface area contributed by atoms with Crippen molar-refractivity contribution in [3.05, 3.63) is 72.6 Å². The summed E-state index contributed by atoms with van der Waals surface area (Å²) in [5.41, 5.74) is 1.43. The maximum atomic E-state index is 9.93. The highest BCUT2D eigenvalue weighted by Gasteiger charge is 2.02. The molecule has 0 radical (unpaired) electrons. The fraction of sp³-hybridized carbons (Fsp3) is 0.188. The Bertz CT molecular complexity index is 493. The standard InChI is InChI=1S/C16H21ClN2OS/c1-5-7-14(6-2)19-16(20)11-10-15(18-13(4)21)9-8-12(3)17/h5-10,16,19-20H,1-3,11H2,4H3,(H,18,21)/b9-8-,14-7+,15-10+. The first kappa shape index (κ1) is 19.4. The highest BCUT2D eigenvalue weighted by Crippen LogP contribution is 2.05. The molecule has 21 heavy (non-hydrogen) atoms. The highest BCUT2D eigenvalue weighted by molar-refractivity contribution is 7.80. The van der Waals surface area contributed by atoms with Crippen LogP contribution < -0.4 is 10.6 Å². The van der Waals surface area contributed by atoms with Gasteiger partial charge in [-0.15, -0.1) is 0 Å². The quantitative estimate of drug-likeness (QED) is 0.344. The van der Waals surface area contributed by atoms with Gasteiger partial charge in [-0.1, -0.05) is 55.7 Å². The number of thiocarbonyl (C=S) groups is 1. The Morgan fingerprint density at radius 2 is 2.00 bits per heavy atom. The second-order valence-corrected chi connectivity index (χ2v) is 5.18. The summed E-state index contributed by atoms with van der Waals surface area (Å²) in [4.78, 5) is 0.617. The predicted octanol–water partition coefficient (Wildman–Crippen LogP) is 3.67. The number of aliphatic hydroxyl groups excluding tert-OH is 1.